The van der Waals surface area contributed by atoms with E-state index in [9.17, 15) is 5.26 Å². The second kappa shape index (κ2) is 8.42. The Hall–Kier alpha value is -2.96. The van der Waals surface area contributed by atoms with Crippen molar-refractivity contribution >= 4 is 17.6 Å². The van der Waals surface area contributed by atoms with Gasteiger partial charge < -0.3 is 24.2 Å². The summed E-state index contributed by atoms with van der Waals surface area (Å²) in [5.41, 5.74) is 2.73. The van der Waals surface area contributed by atoms with Crippen LogP contribution in [0.15, 0.2) is 18.3 Å². The van der Waals surface area contributed by atoms with E-state index < -0.39 is 0 Å². The van der Waals surface area contributed by atoms with Gasteiger partial charge in [0, 0.05) is 57.4 Å². The average molecular weight is 407 g/mol. The fraction of sp³-hybridized carbons (Fsp3) is 0.524. The zero-order valence-corrected chi connectivity index (χ0v) is 17.0. The Bertz CT molecular complexity index is 947. The lowest BCUT2D eigenvalue weighted by molar-refractivity contribution is 0.109. The Morgan fingerprint density at radius 1 is 0.900 bits per heavy atom. The summed E-state index contributed by atoms with van der Waals surface area (Å²) in [6, 6.07) is 6.24. The summed E-state index contributed by atoms with van der Waals surface area (Å²) in [5, 5.41) is 9.64. The number of hydrogen-bond donors (Lipinski definition) is 0. The highest BCUT2D eigenvalue weighted by atomic mass is 16.5. The average Bonchev–Trinajstić information content (AvgIpc) is 2.84. The number of fused-ring (bicyclic) bond motifs is 1. The molecule has 0 atom stereocenters. The van der Waals surface area contributed by atoms with Gasteiger partial charge in [0.25, 0.3) is 0 Å². The molecule has 0 N–H and O–H groups in total. The Kier molecular flexibility index (Phi) is 5.34. The number of ether oxygens (including phenoxy) is 2. The quantitative estimate of drug-likeness (QED) is 0.738. The lowest BCUT2D eigenvalue weighted by Gasteiger charge is -2.37. The van der Waals surface area contributed by atoms with Crippen LogP contribution in [0.1, 0.15) is 16.8 Å². The van der Waals surface area contributed by atoms with Crippen LogP contribution in [0.5, 0.6) is 0 Å². The summed E-state index contributed by atoms with van der Waals surface area (Å²) in [6.07, 6.45) is 2.64. The fourth-order valence-electron chi connectivity index (χ4n) is 4.18. The largest absolute Gasteiger partial charge is 0.378 e. The van der Waals surface area contributed by atoms with Gasteiger partial charge in [-0.25, -0.2) is 9.97 Å². The molecule has 2 saturated heterocycles. The number of morpholine rings is 1. The number of hydrogen-bond acceptors (Lipinski definition) is 9. The third-order valence-electron chi connectivity index (χ3n) is 5.86. The van der Waals surface area contributed by atoms with Crippen molar-refractivity contribution < 1.29 is 9.47 Å². The predicted octanol–water partition coefficient (Wildman–Crippen LogP) is 0.979. The van der Waals surface area contributed by atoms with E-state index in [2.05, 4.69) is 25.8 Å². The van der Waals surface area contributed by atoms with Gasteiger partial charge in [-0.2, -0.15) is 10.2 Å². The normalized spacial score (nSPS) is 19.4. The molecule has 5 rings (SSSR count). The Morgan fingerprint density at radius 2 is 1.70 bits per heavy atom. The van der Waals surface area contributed by atoms with Crippen LogP contribution in [0.3, 0.4) is 0 Å². The molecule has 9 nitrogen and oxygen atoms in total. The molecule has 0 radical (unpaired) electrons. The van der Waals surface area contributed by atoms with Crippen LogP contribution < -0.4 is 14.7 Å². The summed E-state index contributed by atoms with van der Waals surface area (Å²) in [4.78, 5) is 20.8. The van der Waals surface area contributed by atoms with E-state index in [0.29, 0.717) is 32.0 Å². The molecule has 9 heteroatoms. The van der Waals surface area contributed by atoms with Crippen molar-refractivity contribution in [2.24, 2.45) is 0 Å². The van der Waals surface area contributed by atoms with Crippen LogP contribution in [0.2, 0.25) is 0 Å². The lowest BCUT2D eigenvalue weighted by Crippen LogP contribution is -2.47. The van der Waals surface area contributed by atoms with Crippen molar-refractivity contribution in [3.8, 4) is 6.07 Å². The highest BCUT2D eigenvalue weighted by molar-refractivity contribution is 5.57. The van der Waals surface area contributed by atoms with Crippen LogP contribution in [0.4, 0.5) is 17.6 Å². The van der Waals surface area contributed by atoms with Crippen LogP contribution in [0, 0.1) is 11.3 Å². The molecular formula is C21H25N7O2. The number of aromatic nitrogens is 3. The maximum atomic E-state index is 9.64. The van der Waals surface area contributed by atoms with Gasteiger partial charge in [0.05, 0.1) is 37.7 Å². The number of pyridine rings is 1. The maximum Gasteiger partial charge on any atom is 0.227 e. The minimum Gasteiger partial charge on any atom is -0.378 e. The summed E-state index contributed by atoms with van der Waals surface area (Å²) in [6.45, 7) is 7.57. The standard InChI is InChI=1S/C21H25N7O2/c22-14-16-13-17-15-30-10-2-18(17)24-20(16)27-6-4-26(5-7-27)19-1-3-23-21(25-19)28-8-11-29-12-9-28/h1,3,13H,2,4-12,15H2. The first kappa shape index (κ1) is 19.0. The molecule has 0 bridgehead atoms. The van der Waals surface area contributed by atoms with E-state index in [1.54, 1.807) is 0 Å². The van der Waals surface area contributed by atoms with Gasteiger partial charge in [0.2, 0.25) is 5.95 Å². The first-order valence-electron chi connectivity index (χ1n) is 10.5. The number of nitriles is 1. The van der Waals surface area contributed by atoms with Gasteiger partial charge in [-0.1, -0.05) is 0 Å². The van der Waals surface area contributed by atoms with Crippen molar-refractivity contribution in [3.63, 3.8) is 0 Å². The zero-order valence-electron chi connectivity index (χ0n) is 17.0. The van der Waals surface area contributed by atoms with Crippen LogP contribution in [0.25, 0.3) is 0 Å². The first-order chi connectivity index (χ1) is 14.8. The molecular weight excluding hydrogens is 382 g/mol. The Labute approximate surface area is 175 Å². The van der Waals surface area contributed by atoms with Crippen molar-refractivity contribution in [2.45, 2.75) is 13.0 Å². The Morgan fingerprint density at radius 3 is 2.50 bits per heavy atom. The molecule has 0 aliphatic carbocycles. The van der Waals surface area contributed by atoms with Crippen LogP contribution in [-0.4, -0.2) is 74.0 Å². The molecule has 0 saturated carbocycles. The topological polar surface area (TPSA) is 90.6 Å². The van der Waals surface area contributed by atoms with Gasteiger partial charge in [0.1, 0.15) is 17.7 Å². The van der Waals surface area contributed by atoms with Crippen molar-refractivity contribution in [1.29, 1.82) is 5.26 Å². The van der Waals surface area contributed by atoms with Gasteiger partial charge in [-0.15, -0.1) is 0 Å². The summed E-state index contributed by atoms with van der Waals surface area (Å²) in [7, 11) is 0. The van der Waals surface area contributed by atoms with Gasteiger partial charge in [-0.3, -0.25) is 0 Å². The molecule has 2 aromatic rings. The third-order valence-corrected chi connectivity index (χ3v) is 5.86. The monoisotopic (exact) mass is 407 g/mol. The van der Waals surface area contributed by atoms with E-state index in [0.717, 1.165) is 74.5 Å². The van der Waals surface area contributed by atoms with Gasteiger partial charge in [-0.05, 0) is 12.1 Å². The van der Waals surface area contributed by atoms with Crippen molar-refractivity contribution in [3.05, 3.63) is 35.2 Å². The molecule has 2 aromatic heterocycles. The lowest BCUT2D eigenvalue weighted by atomic mass is 10.1. The van der Waals surface area contributed by atoms with Gasteiger partial charge >= 0.3 is 0 Å². The van der Waals surface area contributed by atoms with Crippen LogP contribution >= 0.6 is 0 Å². The maximum absolute atomic E-state index is 9.64. The Balaban J connectivity index is 1.30. The molecule has 3 aliphatic rings. The minimum atomic E-state index is 0.546. The SMILES string of the molecule is N#Cc1cc2c(nc1N1CCN(c3ccnc(N4CCOCC4)n3)CC1)CCOC2. The second-order valence-corrected chi connectivity index (χ2v) is 7.67. The van der Waals surface area contributed by atoms with E-state index in [-0.39, 0.29) is 0 Å². The number of anilines is 3. The minimum absolute atomic E-state index is 0.546. The van der Waals surface area contributed by atoms with E-state index in [4.69, 9.17) is 19.4 Å². The molecule has 3 aliphatic heterocycles. The summed E-state index contributed by atoms with van der Waals surface area (Å²) in [5.74, 6) is 2.51. The fourth-order valence-corrected chi connectivity index (χ4v) is 4.18. The third kappa shape index (κ3) is 3.76. The van der Waals surface area contributed by atoms with Crippen molar-refractivity contribution in [2.75, 3.05) is 73.8 Å². The number of piperazine rings is 1. The summed E-state index contributed by atoms with van der Waals surface area (Å²) >= 11 is 0. The molecule has 30 heavy (non-hydrogen) atoms. The van der Waals surface area contributed by atoms with Crippen molar-refractivity contribution in [1.82, 2.24) is 15.0 Å². The number of rotatable bonds is 3. The first-order valence-corrected chi connectivity index (χ1v) is 10.5. The molecule has 0 aromatic carbocycles. The molecule has 0 amide bonds. The molecule has 0 spiro atoms. The molecule has 5 heterocycles. The molecule has 156 valence electrons. The zero-order chi connectivity index (χ0) is 20.3. The highest BCUT2D eigenvalue weighted by Gasteiger charge is 2.24. The molecule has 0 unspecified atom stereocenters. The van der Waals surface area contributed by atoms with Crippen LogP contribution in [-0.2, 0) is 22.5 Å². The number of nitrogens with zero attached hydrogens (tertiary/aromatic N) is 7. The highest BCUT2D eigenvalue weighted by Crippen LogP contribution is 2.26. The predicted molar refractivity (Wildman–Crippen MR) is 112 cm³/mol. The summed E-state index contributed by atoms with van der Waals surface area (Å²) < 4.78 is 10.9. The van der Waals surface area contributed by atoms with Gasteiger partial charge in [0.15, 0.2) is 0 Å². The second-order valence-electron chi connectivity index (χ2n) is 7.67. The smallest absolute Gasteiger partial charge is 0.227 e. The van der Waals surface area contributed by atoms with E-state index >= 15 is 0 Å². The van der Waals surface area contributed by atoms with E-state index in [1.807, 2.05) is 18.3 Å². The van der Waals surface area contributed by atoms with E-state index in [1.165, 1.54) is 0 Å². The molecule has 2 fully saturated rings.